The Labute approximate surface area is 112 Å². The molecule has 0 saturated heterocycles. The molecule has 0 N–H and O–H groups in total. The standard InChI is InChI=1S/C14H15ClO3/c1-4-5-13(15)14(18-10(2)16)11-6-8-12(17-3)9-7-11/h4,6-9H,1,5H2,2-3H3/b14-13-. The van der Waals surface area contributed by atoms with Gasteiger partial charge in [-0.25, -0.2) is 0 Å². The number of hydrogen-bond donors (Lipinski definition) is 0. The van der Waals surface area contributed by atoms with Gasteiger partial charge in [0.1, 0.15) is 5.75 Å². The molecule has 3 nitrogen and oxygen atoms in total. The SMILES string of the molecule is C=CC/C(Cl)=C(/OC(C)=O)c1ccc(OC)cc1. The maximum Gasteiger partial charge on any atom is 0.308 e. The normalized spacial score (nSPS) is 11.5. The Morgan fingerprint density at radius 3 is 2.44 bits per heavy atom. The van der Waals surface area contributed by atoms with Gasteiger partial charge in [0, 0.05) is 18.9 Å². The van der Waals surface area contributed by atoms with E-state index in [2.05, 4.69) is 6.58 Å². The molecule has 0 unspecified atom stereocenters. The molecule has 0 aromatic heterocycles. The molecule has 1 rings (SSSR count). The van der Waals surface area contributed by atoms with Gasteiger partial charge in [-0.1, -0.05) is 17.7 Å². The van der Waals surface area contributed by atoms with E-state index in [9.17, 15) is 4.79 Å². The van der Waals surface area contributed by atoms with Crippen LogP contribution in [0.3, 0.4) is 0 Å². The number of halogens is 1. The molecular weight excluding hydrogens is 252 g/mol. The summed E-state index contributed by atoms with van der Waals surface area (Å²) in [5, 5.41) is 0.436. The second-order valence-electron chi connectivity index (χ2n) is 3.55. The van der Waals surface area contributed by atoms with Crippen LogP contribution >= 0.6 is 11.6 Å². The van der Waals surface area contributed by atoms with E-state index in [1.54, 1.807) is 37.5 Å². The highest BCUT2D eigenvalue weighted by molar-refractivity contribution is 6.32. The summed E-state index contributed by atoms with van der Waals surface area (Å²) in [6, 6.07) is 7.11. The molecule has 0 heterocycles. The van der Waals surface area contributed by atoms with E-state index in [1.807, 2.05) is 0 Å². The summed E-state index contributed by atoms with van der Waals surface area (Å²) in [7, 11) is 1.59. The van der Waals surface area contributed by atoms with Gasteiger partial charge in [0.05, 0.1) is 12.1 Å². The molecule has 0 aliphatic rings. The second kappa shape index (κ2) is 6.87. The van der Waals surface area contributed by atoms with Gasteiger partial charge in [-0.2, -0.15) is 0 Å². The van der Waals surface area contributed by atoms with Gasteiger partial charge >= 0.3 is 5.97 Å². The molecule has 0 aliphatic carbocycles. The Kier molecular flexibility index (Phi) is 5.46. The molecule has 0 fully saturated rings. The molecule has 1 aromatic rings. The van der Waals surface area contributed by atoms with Crippen molar-refractivity contribution in [1.29, 1.82) is 0 Å². The summed E-state index contributed by atoms with van der Waals surface area (Å²) in [5.41, 5.74) is 0.720. The average molecular weight is 267 g/mol. The summed E-state index contributed by atoms with van der Waals surface area (Å²) in [4.78, 5) is 11.1. The van der Waals surface area contributed by atoms with Crippen LogP contribution in [0.1, 0.15) is 18.9 Å². The quantitative estimate of drug-likeness (QED) is 0.463. The maximum absolute atomic E-state index is 11.1. The molecular formula is C14H15ClO3. The first kappa shape index (κ1) is 14.3. The lowest BCUT2D eigenvalue weighted by molar-refractivity contribution is -0.134. The van der Waals surface area contributed by atoms with Gasteiger partial charge < -0.3 is 9.47 Å². The molecule has 18 heavy (non-hydrogen) atoms. The maximum atomic E-state index is 11.1. The fourth-order valence-electron chi connectivity index (χ4n) is 1.38. The highest BCUT2D eigenvalue weighted by atomic mass is 35.5. The Morgan fingerprint density at radius 2 is 2.00 bits per heavy atom. The predicted molar refractivity (Wildman–Crippen MR) is 72.3 cm³/mol. The molecule has 0 radical (unpaired) electrons. The van der Waals surface area contributed by atoms with Gasteiger partial charge in [0.15, 0.2) is 5.76 Å². The van der Waals surface area contributed by atoms with E-state index in [0.29, 0.717) is 17.2 Å². The monoisotopic (exact) mass is 266 g/mol. The number of benzene rings is 1. The van der Waals surface area contributed by atoms with E-state index in [-0.39, 0.29) is 0 Å². The summed E-state index contributed by atoms with van der Waals surface area (Å²) in [6.45, 7) is 4.94. The van der Waals surface area contributed by atoms with Crippen molar-refractivity contribution >= 4 is 23.3 Å². The lowest BCUT2D eigenvalue weighted by Crippen LogP contribution is -2.00. The van der Waals surface area contributed by atoms with Crippen molar-refractivity contribution < 1.29 is 14.3 Å². The van der Waals surface area contributed by atoms with Crippen LogP contribution in [0.2, 0.25) is 0 Å². The molecule has 0 aliphatic heterocycles. The largest absolute Gasteiger partial charge is 0.497 e. The van der Waals surface area contributed by atoms with Gasteiger partial charge in [-0.05, 0) is 24.3 Å². The number of rotatable bonds is 5. The van der Waals surface area contributed by atoms with Crippen LogP contribution in [0, 0.1) is 0 Å². The summed E-state index contributed by atoms with van der Waals surface area (Å²) in [5.74, 6) is 0.663. The number of ether oxygens (including phenoxy) is 2. The summed E-state index contributed by atoms with van der Waals surface area (Å²) < 4.78 is 10.2. The van der Waals surface area contributed by atoms with E-state index in [1.165, 1.54) is 6.92 Å². The fourth-order valence-corrected chi connectivity index (χ4v) is 1.63. The smallest absolute Gasteiger partial charge is 0.308 e. The van der Waals surface area contributed by atoms with E-state index in [4.69, 9.17) is 21.1 Å². The number of hydrogen-bond acceptors (Lipinski definition) is 3. The summed E-state index contributed by atoms with van der Waals surface area (Å²) in [6.07, 6.45) is 2.09. The highest BCUT2D eigenvalue weighted by Crippen LogP contribution is 2.27. The van der Waals surface area contributed by atoms with E-state index >= 15 is 0 Å². The van der Waals surface area contributed by atoms with Crippen molar-refractivity contribution in [1.82, 2.24) is 0 Å². The molecule has 1 aromatic carbocycles. The van der Waals surface area contributed by atoms with Crippen molar-refractivity contribution in [3.63, 3.8) is 0 Å². The molecule has 96 valence electrons. The first-order valence-corrected chi connectivity index (χ1v) is 5.78. The molecule has 0 amide bonds. The van der Waals surface area contributed by atoms with Gasteiger partial charge in [0.2, 0.25) is 0 Å². The van der Waals surface area contributed by atoms with Gasteiger partial charge in [-0.15, -0.1) is 6.58 Å². The number of esters is 1. The lowest BCUT2D eigenvalue weighted by Gasteiger charge is -2.10. The Morgan fingerprint density at radius 1 is 1.39 bits per heavy atom. The minimum absolute atomic E-state index is 0.353. The zero-order valence-electron chi connectivity index (χ0n) is 10.4. The average Bonchev–Trinajstić information content (AvgIpc) is 2.36. The van der Waals surface area contributed by atoms with Crippen LogP contribution in [0.5, 0.6) is 5.75 Å². The van der Waals surface area contributed by atoms with E-state index in [0.717, 1.165) is 11.3 Å². The Bertz CT molecular complexity index is 460. The Hall–Kier alpha value is -1.74. The number of carbonyl (C=O) groups is 1. The van der Waals surface area contributed by atoms with Crippen LogP contribution in [0.4, 0.5) is 0 Å². The topological polar surface area (TPSA) is 35.5 Å². The van der Waals surface area contributed by atoms with Crippen molar-refractivity contribution in [3.8, 4) is 5.75 Å². The number of carbonyl (C=O) groups excluding carboxylic acids is 1. The third-order valence-corrected chi connectivity index (χ3v) is 2.49. The first-order chi connectivity index (χ1) is 8.58. The second-order valence-corrected chi connectivity index (χ2v) is 4.01. The molecule has 0 saturated carbocycles. The van der Waals surface area contributed by atoms with Crippen molar-refractivity contribution in [3.05, 3.63) is 47.5 Å². The third kappa shape index (κ3) is 3.93. The van der Waals surface area contributed by atoms with Crippen molar-refractivity contribution in [2.75, 3.05) is 7.11 Å². The summed E-state index contributed by atoms with van der Waals surface area (Å²) >= 11 is 6.10. The van der Waals surface area contributed by atoms with E-state index < -0.39 is 5.97 Å². The van der Waals surface area contributed by atoms with Crippen LogP contribution in [0.15, 0.2) is 42.0 Å². The highest BCUT2D eigenvalue weighted by Gasteiger charge is 2.11. The Balaban J connectivity index is 3.12. The zero-order valence-corrected chi connectivity index (χ0v) is 11.2. The molecule has 0 spiro atoms. The third-order valence-electron chi connectivity index (χ3n) is 2.17. The molecule has 0 atom stereocenters. The van der Waals surface area contributed by atoms with Crippen molar-refractivity contribution in [2.24, 2.45) is 0 Å². The number of methoxy groups -OCH3 is 1. The molecule has 4 heteroatoms. The minimum atomic E-state index is -0.414. The lowest BCUT2D eigenvalue weighted by atomic mass is 10.1. The van der Waals surface area contributed by atoms with Gasteiger partial charge in [0.25, 0.3) is 0 Å². The number of allylic oxidation sites excluding steroid dienone is 2. The van der Waals surface area contributed by atoms with Crippen LogP contribution in [-0.2, 0) is 9.53 Å². The van der Waals surface area contributed by atoms with Crippen LogP contribution in [-0.4, -0.2) is 13.1 Å². The fraction of sp³-hybridized carbons (Fsp3) is 0.214. The zero-order chi connectivity index (χ0) is 13.5. The molecule has 0 bridgehead atoms. The van der Waals surface area contributed by atoms with Gasteiger partial charge in [-0.3, -0.25) is 4.79 Å². The van der Waals surface area contributed by atoms with Crippen LogP contribution < -0.4 is 4.74 Å². The van der Waals surface area contributed by atoms with Crippen LogP contribution in [0.25, 0.3) is 5.76 Å². The minimum Gasteiger partial charge on any atom is -0.497 e. The first-order valence-electron chi connectivity index (χ1n) is 5.41. The predicted octanol–water partition coefficient (Wildman–Crippen LogP) is 3.74. The van der Waals surface area contributed by atoms with Crippen molar-refractivity contribution in [2.45, 2.75) is 13.3 Å².